The fourth-order valence-electron chi connectivity index (χ4n) is 10.1. The molecule has 0 aliphatic carbocycles. The lowest BCUT2D eigenvalue weighted by molar-refractivity contribution is 1.18. The van der Waals surface area contributed by atoms with Crippen LogP contribution in [0.5, 0.6) is 0 Å². The van der Waals surface area contributed by atoms with Crippen molar-refractivity contribution in [3.05, 3.63) is 314 Å². The fourth-order valence-corrected chi connectivity index (χ4v) is 10.1. The molecular formula is C68H51N9. The van der Waals surface area contributed by atoms with Crippen LogP contribution in [0.15, 0.2) is 231 Å². The first-order valence-electron chi connectivity index (χ1n) is 25.7. The van der Waals surface area contributed by atoms with Crippen molar-refractivity contribution in [1.82, 2.24) is 39.9 Å². The van der Waals surface area contributed by atoms with Crippen LogP contribution in [-0.2, 0) is 0 Å². The maximum Gasteiger partial charge on any atom is 0.0886 e. The summed E-state index contributed by atoms with van der Waals surface area (Å²) in [5, 5.41) is 3.80. The molecule has 4 N–H and O–H groups in total. The van der Waals surface area contributed by atoms with Crippen molar-refractivity contribution < 1.29 is 0 Å². The lowest BCUT2D eigenvalue weighted by Crippen LogP contribution is -2.18. The number of nitrogens with zero attached hydrogens (tertiary/aromatic N) is 5. The van der Waals surface area contributed by atoms with Crippen LogP contribution in [-0.4, -0.2) is 39.9 Å². The molecule has 9 heteroatoms. The van der Waals surface area contributed by atoms with E-state index >= 15 is 0 Å². The van der Waals surface area contributed by atoms with Crippen LogP contribution < -0.4 is 26.3 Å². The third-order valence-corrected chi connectivity index (χ3v) is 14.1. The summed E-state index contributed by atoms with van der Waals surface area (Å²) in [4.78, 5) is 36.5. The first-order valence-corrected chi connectivity index (χ1v) is 25.7. The molecule has 0 amide bonds. The monoisotopic (exact) mass is 993 g/mol. The van der Waals surface area contributed by atoms with E-state index in [9.17, 15) is 0 Å². The molecule has 77 heavy (non-hydrogen) atoms. The molecular weight excluding hydrogens is 943 g/mol. The van der Waals surface area contributed by atoms with Gasteiger partial charge < -0.3 is 24.8 Å². The van der Waals surface area contributed by atoms with Crippen LogP contribution in [0.2, 0.25) is 0 Å². The van der Waals surface area contributed by atoms with Crippen molar-refractivity contribution in [3.63, 3.8) is 0 Å². The smallest absolute Gasteiger partial charge is 0.0886 e. The molecule has 0 fully saturated rings. The quantitative estimate of drug-likeness (QED) is 0.102. The molecule has 8 bridgehead atoms. The summed E-state index contributed by atoms with van der Waals surface area (Å²) in [5.74, 6) is 0. The zero-order valence-electron chi connectivity index (χ0n) is 42.4. The highest BCUT2D eigenvalue weighted by atomic mass is 15.1. The Balaban J connectivity index is 0.907. The predicted molar refractivity (Wildman–Crippen MR) is 311 cm³/mol. The van der Waals surface area contributed by atoms with Gasteiger partial charge in [-0.2, -0.15) is 0 Å². The summed E-state index contributed by atoms with van der Waals surface area (Å²) in [6, 6.07) is 72.2. The van der Waals surface area contributed by atoms with Crippen LogP contribution in [0.4, 0.5) is 17.1 Å². The summed E-state index contributed by atoms with van der Waals surface area (Å²) in [6.45, 7) is 4.24. The molecule has 0 unspecified atom stereocenters. The van der Waals surface area contributed by atoms with Crippen molar-refractivity contribution in [1.29, 1.82) is 0 Å². The number of anilines is 3. The summed E-state index contributed by atoms with van der Waals surface area (Å²) in [5.41, 5.74) is 21.0. The topological polar surface area (TPSA) is 118 Å². The molecule has 0 radical (unpaired) electrons. The van der Waals surface area contributed by atoms with Crippen molar-refractivity contribution >= 4 is 52.0 Å². The van der Waals surface area contributed by atoms with Gasteiger partial charge >= 0.3 is 0 Å². The average Bonchev–Trinajstić information content (AvgIpc) is 4.38. The van der Waals surface area contributed by atoms with E-state index in [1.807, 2.05) is 60.9 Å². The third-order valence-electron chi connectivity index (χ3n) is 14.1. The number of fused-ring (bicyclic) bond motifs is 8. The van der Waals surface area contributed by atoms with E-state index in [4.69, 9.17) is 9.97 Å². The van der Waals surface area contributed by atoms with Crippen molar-refractivity contribution in [2.24, 2.45) is 0 Å². The number of benzene rings is 4. The van der Waals surface area contributed by atoms with Crippen LogP contribution in [0, 0.1) is 13.8 Å². The lowest BCUT2D eigenvalue weighted by atomic mass is 10.0. The molecule has 0 spiro atoms. The van der Waals surface area contributed by atoms with E-state index in [0.717, 1.165) is 129 Å². The summed E-state index contributed by atoms with van der Waals surface area (Å²) in [7, 11) is 0. The van der Waals surface area contributed by atoms with Gasteiger partial charge in [0, 0.05) is 114 Å². The van der Waals surface area contributed by atoms with Gasteiger partial charge in [-0.05, 0) is 158 Å². The minimum absolute atomic E-state index is 0.808. The number of nitrogens with one attached hydrogen (secondary N) is 4. The first kappa shape index (κ1) is 46.4. The SMILES string of the molecule is Cc1ccc(N(c2ccc(C)cc2)c2ccc(/C=C/c3ccc(C4=c5ccc([nH]5)=C(c5ccc(-c6ccccn6)nc5)c5ccc([nH]5)C=c5ccc([nH]5)=C(c5ccc(-c6ccccn6)nc5)c5ccc4[nH]5)cc3)cc2)cc1. The standard InChI is InChI=1S/C68H51N9/c1-44-9-25-53(26-10-44)77(54-27-11-45(2)12-28-54)55-29-17-47(18-30-55)14-13-46-15-19-48(20-16-46)66-62-35-37-64(75-62)67(49-21-31-58(71-42-49)56-7-3-5-39-69-56)60-33-23-51(73-60)41-52-24-34-61(74-52)68(65-38-36-63(66)76-65)50-22-32-59(72-43-50)57-8-4-6-40-70-57/h3-43,73-76H,1-2H3/b14-13+,51-41?,52-41?,66-62?,66-63?,67-60?,67-64?,68-61?,68-65?. The normalized spacial score (nSPS) is 12.3. The van der Waals surface area contributed by atoms with E-state index in [-0.39, 0.29) is 0 Å². The van der Waals surface area contributed by atoms with Crippen LogP contribution in [0.1, 0.15) is 61.7 Å². The van der Waals surface area contributed by atoms with Gasteiger partial charge in [0.05, 0.1) is 22.8 Å². The average molecular weight is 994 g/mol. The van der Waals surface area contributed by atoms with E-state index in [0.29, 0.717) is 0 Å². The van der Waals surface area contributed by atoms with Gasteiger partial charge in [0.15, 0.2) is 0 Å². The summed E-state index contributed by atoms with van der Waals surface area (Å²) >= 11 is 0. The minimum atomic E-state index is 0.808. The Morgan fingerprint density at radius 2 is 0.792 bits per heavy atom. The van der Waals surface area contributed by atoms with Crippen LogP contribution in [0.3, 0.4) is 0 Å². The Bertz CT molecular complexity index is 4290. The van der Waals surface area contributed by atoms with Crippen molar-refractivity contribution in [2.75, 3.05) is 4.90 Å². The molecule has 12 aromatic rings. The summed E-state index contributed by atoms with van der Waals surface area (Å²) in [6.07, 6.45) is 13.9. The third kappa shape index (κ3) is 9.57. The Hall–Kier alpha value is -10.4. The number of hydrogen-bond acceptors (Lipinski definition) is 5. The fraction of sp³-hybridized carbons (Fsp3) is 0.0294. The second kappa shape index (κ2) is 20.1. The van der Waals surface area contributed by atoms with Crippen molar-refractivity contribution in [3.8, 4) is 22.8 Å². The van der Waals surface area contributed by atoms with E-state index in [1.54, 1.807) is 12.4 Å². The van der Waals surface area contributed by atoms with Gasteiger partial charge in [0.1, 0.15) is 0 Å². The number of rotatable bonds is 10. The largest absolute Gasteiger partial charge is 0.355 e. The maximum atomic E-state index is 4.92. The van der Waals surface area contributed by atoms with Gasteiger partial charge in [-0.1, -0.05) is 108 Å². The minimum Gasteiger partial charge on any atom is -0.355 e. The predicted octanol–water partition coefficient (Wildman–Crippen LogP) is 12.1. The molecule has 9 nitrogen and oxygen atoms in total. The molecule has 4 aromatic carbocycles. The second-order valence-corrected chi connectivity index (χ2v) is 19.3. The molecule has 1 aliphatic heterocycles. The van der Waals surface area contributed by atoms with Crippen LogP contribution >= 0.6 is 0 Å². The highest BCUT2D eigenvalue weighted by Gasteiger charge is 2.18. The van der Waals surface area contributed by atoms with E-state index < -0.39 is 0 Å². The number of H-pyrrole nitrogens is 4. The lowest BCUT2D eigenvalue weighted by Gasteiger charge is -2.25. The number of aromatic nitrogens is 8. The Kier molecular flexibility index (Phi) is 12.1. The number of aryl methyl sites for hydroxylation is 2. The molecule has 0 saturated heterocycles. The highest BCUT2D eigenvalue weighted by molar-refractivity contribution is 5.84. The molecule has 13 rings (SSSR count). The molecule has 8 aromatic heterocycles. The second-order valence-electron chi connectivity index (χ2n) is 19.3. The molecule has 1 aliphatic rings. The Labute approximate surface area is 445 Å². The number of hydrogen-bond donors (Lipinski definition) is 4. The van der Waals surface area contributed by atoms with Gasteiger partial charge in [-0.15, -0.1) is 0 Å². The molecule has 9 heterocycles. The maximum absolute atomic E-state index is 4.92. The molecule has 0 saturated carbocycles. The van der Waals surface area contributed by atoms with Gasteiger partial charge in [-0.3, -0.25) is 19.9 Å². The van der Waals surface area contributed by atoms with Gasteiger partial charge in [-0.25, -0.2) is 0 Å². The zero-order valence-corrected chi connectivity index (χ0v) is 42.4. The van der Waals surface area contributed by atoms with Gasteiger partial charge in [0.2, 0.25) is 0 Å². The molecule has 0 atom stereocenters. The Morgan fingerprint density at radius 3 is 1.30 bits per heavy atom. The Morgan fingerprint density at radius 1 is 0.351 bits per heavy atom. The number of aromatic amines is 4. The molecule has 368 valence electrons. The van der Waals surface area contributed by atoms with E-state index in [2.05, 4.69) is 225 Å². The van der Waals surface area contributed by atoms with E-state index in [1.165, 1.54) is 11.1 Å². The van der Waals surface area contributed by atoms with Crippen LogP contribution in [0.25, 0.3) is 57.7 Å². The number of pyridine rings is 4. The highest BCUT2D eigenvalue weighted by Crippen LogP contribution is 2.35. The zero-order chi connectivity index (χ0) is 51.7. The van der Waals surface area contributed by atoms with Crippen molar-refractivity contribution in [2.45, 2.75) is 13.8 Å². The first-order chi connectivity index (χ1) is 37.9. The van der Waals surface area contributed by atoms with Gasteiger partial charge in [0.25, 0.3) is 0 Å². The summed E-state index contributed by atoms with van der Waals surface area (Å²) < 4.78 is 0.